The van der Waals surface area contributed by atoms with Gasteiger partial charge in [0.2, 0.25) is 0 Å². The Morgan fingerprint density at radius 1 is 1.67 bits per heavy atom. The Labute approximate surface area is 68.4 Å². The van der Waals surface area contributed by atoms with Crippen molar-refractivity contribution in [3.63, 3.8) is 0 Å². The lowest BCUT2D eigenvalue weighted by Crippen LogP contribution is -2.03. The average molecular weight is 240 g/mol. The summed E-state index contributed by atoms with van der Waals surface area (Å²) in [5.74, 6) is 0.159. The van der Waals surface area contributed by atoms with Crippen molar-refractivity contribution >= 4 is 28.4 Å². The highest BCUT2D eigenvalue weighted by Gasteiger charge is 1.99. The summed E-state index contributed by atoms with van der Waals surface area (Å²) in [5, 5.41) is 0. The van der Waals surface area contributed by atoms with Gasteiger partial charge >= 0.3 is 0 Å². The van der Waals surface area contributed by atoms with Crippen LogP contribution in [-0.4, -0.2) is 17.3 Å². The Bertz CT molecular complexity index is 110. The van der Waals surface area contributed by atoms with Crippen LogP contribution in [0.2, 0.25) is 0 Å². The molecule has 3 heteroatoms. The van der Waals surface area contributed by atoms with Crippen molar-refractivity contribution in [3.05, 3.63) is 12.3 Å². The summed E-state index contributed by atoms with van der Waals surface area (Å²) in [7, 11) is 0. The Hall–Kier alpha value is -0.0600. The molecule has 0 saturated carbocycles. The topological polar surface area (TPSA) is 26.3 Å². The highest BCUT2D eigenvalue weighted by Crippen LogP contribution is 1.94. The predicted molar refractivity (Wildman–Crippen MR) is 44.7 cm³/mol. The van der Waals surface area contributed by atoms with Gasteiger partial charge < -0.3 is 4.74 Å². The average Bonchev–Trinajstić information content (AvgIpc) is 1.94. The minimum Gasteiger partial charge on any atom is -0.501 e. The molecule has 1 aliphatic rings. The summed E-state index contributed by atoms with van der Waals surface area (Å²) in [4.78, 5) is 12.3. The lowest BCUT2D eigenvalue weighted by molar-refractivity contribution is -0.116. The third kappa shape index (κ3) is 4.44. The molecule has 1 heterocycles. The van der Waals surface area contributed by atoms with Crippen molar-refractivity contribution in [2.24, 2.45) is 0 Å². The van der Waals surface area contributed by atoms with Crippen LogP contribution >= 0.6 is 22.6 Å². The minimum atomic E-state index is 0.159. The molecule has 0 radical (unpaired) electrons. The number of hydrogen-bond donors (Lipinski definition) is 0. The van der Waals surface area contributed by atoms with Gasteiger partial charge in [0.15, 0.2) is 5.78 Å². The molecule has 2 nitrogen and oxygen atoms in total. The van der Waals surface area contributed by atoms with Crippen LogP contribution in [0.15, 0.2) is 12.3 Å². The summed E-state index contributed by atoms with van der Waals surface area (Å²) in [6.07, 6.45) is 3.42. The van der Waals surface area contributed by atoms with E-state index in [1.165, 1.54) is 12.3 Å². The van der Waals surface area contributed by atoms with E-state index in [1.54, 1.807) is 0 Å². The van der Waals surface area contributed by atoms with Gasteiger partial charge in [0.05, 0.1) is 12.9 Å². The first-order valence-electron chi connectivity index (χ1n) is 2.58. The SMILES string of the molecule is CI.O=C1C=COCC1. The van der Waals surface area contributed by atoms with Crippen LogP contribution in [0.3, 0.4) is 0 Å². The highest BCUT2D eigenvalue weighted by molar-refractivity contribution is 14.1. The van der Waals surface area contributed by atoms with E-state index in [1.807, 2.05) is 4.93 Å². The zero-order chi connectivity index (χ0) is 7.11. The molecule has 1 rings (SSSR count). The van der Waals surface area contributed by atoms with Gasteiger partial charge in [0.25, 0.3) is 0 Å². The number of alkyl halides is 1. The number of carbonyl (C=O) groups is 1. The van der Waals surface area contributed by atoms with E-state index in [0.717, 1.165) is 0 Å². The monoisotopic (exact) mass is 240 g/mol. The normalized spacial score (nSPS) is 15.6. The largest absolute Gasteiger partial charge is 0.501 e. The third-order valence-electron chi connectivity index (χ3n) is 0.816. The van der Waals surface area contributed by atoms with E-state index in [-0.39, 0.29) is 5.78 Å². The molecule has 0 atom stereocenters. The Kier molecular flexibility index (Phi) is 6.03. The lowest BCUT2D eigenvalue weighted by Gasteiger charge is -2.01. The van der Waals surface area contributed by atoms with E-state index in [0.29, 0.717) is 13.0 Å². The lowest BCUT2D eigenvalue weighted by atomic mass is 10.3. The maximum absolute atomic E-state index is 10.3. The number of allylic oxidation sites excluding steroid dienone is 1. The standard InChI is InChI=1S/C5H6O2.CH3I/c6-5-1-3-7-4-2-5;1-2/h1,3H,2,4H2;1H3. The fourth-order valence-electron chi connectivity index (χ4n) is 0.435. The first-order valence-corrected chi connectivity index (χ1v) is 4.74. The quantitative estimate of drug-likeness (QED) is 0.474. The number of hydrogen-bond acceptors (Lipinski definition) is 2. The molecule has 0 bridgehead atoms. The molecule has 0 saturated heterocycles. The molecule has 0 amide bonds. The molecule has 0 aromatic rings. The second-order valence-corrected chi connectivity index (χ2v) is 1.39. The van der Waals surface area contributed by atoms with Gasteiger partial charge in [0.1, 0.15) is 0 Å². The zero-order valence-corrected chi connectivity index (χ0v) is 7.42. The van der Waals surface area contributed by atoms with Crippen LogP contribution < -0.4 is 0 Å². The number of halogens is 1. The molecular weight excluding hydrogens is 231 g/mol. The molecule has 9 heavy (non-hydrogen) atoms. The van der Waals surface area contributed by atoms with Gasteiger partial charge in [0, 0.05) is 12.5 Å². The Morgan fingerprint density at radius 2 is 2.33 bits per heavy atom. The number of rotatable bonds is 0. The molecule has 0 N–H and O–H groups in total. The molecule has 0 aromatic heterocycles. The molecule has 0 unspecified atom stereocenters. The van der Waals surface area contributed by atoms with E-state index in [2.05, 4.69) is 22.6 Å². The molecule has 0 fully saturated rings. The molecule has 0 aliphatic carbocycles. The third-order valence-corrected chi connectivity index (χ3v) is 0.816. The molecule has 52 valence electrons. The Morgan fingerprint density at radius 3 is 2.56 bits per heavy atom. The van der Waals surface area contributed by atoms with E-state index in [9.17, 15) is 4.79 Å². The van der Waals surface area contributed by atoms with Gasteiger partial charge in [-0.05, 0) is 4.93 Å². The number of carbonyl (C=O) groups excluding carboxylic acids is 1. The summed E-state index contributed by atoms with van der Waals surface area (Å²) < 4.78 is 4.74. The van der Waals surface area contributed by atoms with Crippen LogP contribution in [0.4, 0.5) is 0 Å². The van der Waals surface area contributed by atoms with Crippen molar-refractivity contribution in [2.75, 3.05) is 11.5 Å². The maximum atomic E-state index is 10.3. The smallest absolute Gasteiger partial charge is 0.162 e. The van der Waals surface area contributed by atoms with Crippen molar-refractivity contribution in [1.82, 2.24) is 0 Å². The van der Waals surface area contributed by atoms with Crippen LogP contribution in [0, 0.1) is 0 Å². The Balaban J connectivity index is 0.000000291. The van der Waals surface area contributed by atoms with Crippen molar-refractivity contribution in [3.8, 4) is 0 Å². The summed E-state index contributed by atoms with van der Waals surface area (Å²) in [6, 6.07) is 0. The first-order chi connectivity index (χ1) is 4.39. The van der Waals surface area contributed by atoms with E-state index in [4.69, 9.17) is 4.74 Å². The second kappa shape index (κ2) is 6.07. The molecular formula is C6H9IO2. The minimum absolute atomic E-state index is 0.159. The molecule has 0 spiro atoms. The molecule has 1 aliphatic heterocycles. The van der Waals surface area contributed by atoms with Gasteiger partial charge in [-0.1, -0.05) is 22.6 Å². The second-order valence-electron chi connectivity index (χ2n) is 1.39. The first kappa shape index (κ1) is 8.94. The fraction of sp³-hybridized carbons (Fsp3) is 0.500. The van der Waals surface area contributed by atoms with Gasteiger partial charge in [-0.25, -0.2) is 0 Å². The maximum Gasteiger partial charge on any atom is 0.162 e. The number of ketones is 1. The van der Waals surface area contributed by atoms with Crippen molar-refractivity contribution in [2.45, 2.75) is 6.42 Å². The van der Waals surface area contributed by atoms with Crippen LogP contribution in [0.1, 0.15) is 6.42 Å². The van der Waals surface area contributed by atoms with Gasteiger partial charge in [-0.3, -0.25) is 4.79 Å². The zero-order valence-electron chi connectivity index (χ0n) is 5.26. The predicted octanol–water partition coefficient (Wildman–Crippen LogP) is 1.54. The van der Waals surface area contributed by atoms with Crippen LogP contribution in [-0.2, 0) is 9.53 Å². The van der Waals surface area contributed by atoms with Crippen LogP contribution in [0.5, 0.6) is 0 Å². The van der Waals surface area contributed by atoms with Crippen molar-refractivity contribution in [1.29, 1.82) is 0 Å². The van der Waals surface area contributed by atoms with Crippen LogP contribution in [0.25, 0.3) is 0 Å². The van der Waals surface area contributed by atoms with Gasteiger partial charge in [-0.15, -0.1) is 0 Å². The van der Waals surface area contributed by atoms with E-state index < -0.39 is 0 Å². The summed E-state index contributed by atoms with van der Waals surface area (Å²) in [6.45, 7) is 0.551. The highest BCUT2D eigenvalue weighted by atomic mass is 127. The number of ether oxygens (including phenoxy) is 1. The molecule has 0 aromatic carbocycles. The van der Waals surface area contributed by atoms with Crippen molar-refractivity contribution < 1.29 is 9.53 Å². The van der Waals surface area contributed by atoms with E-state index >= 15 is 0 Å². The summed E-state index contributed by atoms with van der Waals surface area (Å²) >= 11 is 2.15. The fourth-order valence-corrected chi connectivity index (χ4v) is 0.435. The summed E-state index contributed by atoms with van der Waals surface area (Å²) in [5.41, 5.74) is 0. The van der Waals surface area contributed by atoms with Gasteiger partial charge in [-0.2, -0.15) is 0 Å².